The number of aromatic nitrogens is 2. The Bertz CT molecular complexity index is 795. The molecule has 1 amide bonds. The van der Waals surface area contributed by atoms with Crippen LogP contribution in [0.2, 0.25) is 0 Å². The Morgan fingerprint density at radius 3 is 2.50 bits per heavy atom. The summed E-state index contributed by atoms with van der Waals surface area (Å²) in [4.78, 5) is 12.1. The van der Waals surface area contributed by atoms with Gasteiger partial charge in [-0.2, -0.15) is 5.10 Å². The molecule has 0 atom stereocenters. The normalized spacial score (nSPS) is 10.4. The molecule has 0 saturated heterocycles. The Hall–Kier alpha value is -3.08. The van der Waals surface area contributed by atoms with Crippen LogP contribution in [0.25, 0.3) is 0 Å². The Balaban J connectivity index is 1.56. The number of methoxy groups -OCH3 is 1. The van der Waals surface area contributed by atoms with Crippen molar-refractivity contribution in [1.82, 2.24) is 9.78 Å². The summed E-state index contributed by atoms with van der Waals surface area (Å²) in [5, 5.41) is 7.20. The molecule has 24 heavy (non-hydrogen) atoms. The molecule has 122 valence electrons. The van der Waals surface area contributed by atoms with Crippen LogP contribution in [0, 0.1) is 0 Å². The van der Waals surface area contributed by atoms with Crippen molar-refractivity contribution in [3.05, 3.63) is 78.0 Å². The minimum atomic E-state index is -0.0925. The number of rotatable bonds is 6. The van der Waals surface area contributed by atoms with Gasteiger partial charge in [-0.1, -0.05) is 42.5 Å². The van der Waals surface area contributed by atoms with Crippen LogP contribution in [0.4, 0.5) is 5.82 Å². The summed E-state index contributed by atoms with van der Waals surface area (Å²) >= 11 is 0. The SMILES string of the molecule is COc1ccc(CC(=O)Nc2ccn(Cc3ccccc3)n2)cc1. The highest BCUT2D eigenvalue weighted by atomic mass is 16.5. The molecular formula is C19H19N3O2. The summed E-state index contributed by atoms with van der Waals surface area (Å²) in [6, 6.07) is 19.3. The van der Waals surface area contributed by atoms with Crippen molar-refractivity contribution in [3.63, 3.8) is 0 Å². The first-order valence-corrected chi connectivity index (χ1v) is 7.73. The van der Waals surface area contributed by atoms with Crippen molar-refractivity contribution in [3.8, 4) is 5.75 Å². The van der Waals surface area contributed by atoms with E-state index in [4.69, 9.17) is 4.74 Å². The van der Waals surface area contributed by atoms with Gasteiger partial charge in [-0.15, -0.1) is 0 Å². The Morgan fingerprint density at radius 2 is 1.79 bits per heavy atom. The van der Waals surface area contributed by atoms with Crippen molar-refractivity contribution >= 4 is 11.7 Å². The number of nitrogens with one attached hydrogen (secondary N) is 1. The summed E-state index contributed by atoms with van der Waals surface area (Å²) in [5.41, 5.74) is 2.09. The van der Waals surface area contributed by atoms with Crippen LogP contribution in [0.3, 0.4) is 0 Å². The Morgan fingerprint density at radius 1 is 1.04 bits per heavy atom. The van der Waals surface area contributed by atoms with Gasteiger partial charge in [-0.05, 0) is 23.3 Å². The highest BCUT2D eigenvalue weighted by molar-refractivity contribution is 5.91. The van der Waals surface area contributed by atoms with Gasteiger partial charge in [0.1, 0.15) is 5.75 Å². The zero-order valence-electron chi connectivity index (χ0n) is 13.5. The summed E-state index contributed by atoms with van der Waals surface area (Å²) < 4.78 is 6.91. The number of benzene rings is 2. The molecule has 3 aromatic rings. The van der Waals surface area contributed by atoms with E-state index < -0.39 is 0 Å². The quantitative estimate of drug-likeness (QED) is 0.759. The van der Waals surface area contributed by atoms with Gasteiger partial charge >= 0.3 is 0 Å². The second-order valence-corrected chi connectivity index (χ2v) is 5.46. The Labute approximate surface area is 140 Å². The maximum Gasteiger partial charge on any atom is 0.229 e. The van der Waals surface area contributed by atoms with Gasteiger partial charge in [0, 0.05) is 12.3 Å². The fraction of sp³-hybridized carbons (Fsp3) is 0.158. The number of anilines is 1. The molecule has 0 aliphatic carbocycles. The van der Waals surface area contributed by atoms with Crippen LogP contribution in [0.5, 0.6) is 5.75 Å². The highest BCUT2D eigenvalue weighted by Gasteiger charge is 2.07. The predicted octanol–water partition coefficient (Wildman–Crippen LogP) is 3.12. The first kappa shape index (κ1) is 15.8. The number of amides is 1. The van der Waals surface area contributed by atoms with Gasteiger partial charge in [0.25, 0.3) is 0 Å². The average molecular weight is 321 g/mol. The first-order chi connectivity index (χ1) is 11.7. The maximum absolute atomic E-state index is 12.1. The number of carbonyl (C=O) groups excluding carboxylic acids is 1. The second kappa shape index (κ2) is 7.46. The third-order valence-corrected chi connectivity index (χ3v) is 3.62. The summed E-state index contributed by atoms with van der Waals surface area (Å²) in [6.45, 7) is 0.676. The van der Waals surface area contributed by atoms with E-state index in [2.05, 4.69) is 10.4 Å². The predicted molar refractivity (Wildman–Crippen MR) is 93.1 cm³/mol. The fourth-order valence-electron chi connectivity index (χ4n) is 2.40. The van der Waals surface area contributed by atoms with Crippen LogP contribution >= 0.6 is 0 Å². The molecule has 0 aliphatic rings. The van der Waals surface area contributed by atoms with Gasteiger partial charge < -0.3 is 10.1 Å². The molecule has 1 N–H and O–H groups in total. The smallest absolute Gasteiger partial charge is 0.229 e. The molecule has 0 bridgehead atoms. The second-order valence-electron chi connectivity index (χ2n) is 5.46. The summed E-state index contributed by atoms with van der Waals surface area (Å²) in [5.74, 6) is 1.24. The molecule has 0 unspecified atom stereocenters. The highest BCUT2D eigenvalue weighted by Crippen LogP contribution is 2.12. The molecule has 1 heterocycles. The zero-order valence-corrected chi connectivity index (χ0v) is 13.5. The molecule has 5 nitrogen and oxygen atoms in total. The first-order valence-electron chi connectivity index (χ1n) is 7.73. The van der Waals surface area contributed by atoms with Crippen LogP contribution < -0.4 is 10.1 Å². The minimum absolute atomic E-state index is 0.0925. The lowest BCUT2D eigenvalue weighted by Gasteiger charge is -2.04. The number of carbonyl (C=O) groups is 1. The summed E-state index contributed by atoms with van der Waals surface area (Å²) in [7, 11) is 1.62. The van der Waals surface area contributed by atoms with E-state index in [1.54, 1.807) is 17.9 Å². The standard InChI is InChI=1S/C19H19N3O2/c1-24-17-9-7-15(8-10-17)13-19(23)20-18-11-12-22(21-18)14-16-5-3-2-4-6-16/h2-12H,13-14H2,1H3,(H,20,21,23). The molecule has 3 rings (SSSR count). The maximum atomic E-state index is 12.1. The van der Waals surface area contributed by atoms with E-state index in [-0.39, 0.29) is 5.91 Å². The fourth-order valence-corrected chi connectivity index (χ4v) is 2.40. The lowest BCUT2D eigenvalue weighted by molar-refractivity contribution is -0.115. The zero-order chi connectivity index (χ0) is 16.8. The Kier molecular flexibility index (Phi) is 4.91. The van der Waals surface area contributed by atoms with Crippen molar-refractivity contribution in [2.75, 3.05) is 12.4 Å². The number of ether oxygens (including phenoxy) is 1. The topological polar surface area (TPSA) is 56.1 Å². The molecule has 0 aliphatic heterocycles. The minimum Gasteiger partial charge on any atom is -0.497 e. The van der Waals surface area contributed by atoms with Gasteiger partial charge in [0.05, 0.1) is 20.1 Å². The molecule has 0 fully saturated rings. The van der Waals surface area contributed by atoms with E-state index in [9.17, 15) is 4.79 Å². The van der Waals surface area contributed by atoms with Crippen LogP contribution in [0.1, 0.15) is 11.1 Å². The molecular weight excluding hydrogens is 302 g/mol. The van der Waals surface area contributed by atoms with Crippen LogP contribution in [-0.2, 0) is 17.8 Å². The van der Waals surface area contributed by atoms with E-state index in [0.717, 1.165) is 16.9 Å². The van der Waals surface area contributed by atoms with Crippen molar-refractivity contribution in [2.24, 2.45) is 0 Å². The largest absolute Gasteiger partial charge is 0.497 e. The van der Waals surface area contributed by atoms with Crippen molar-refractivity contribution in [1.29, 1.82) is 0 Å². The van der Waals surface area contributed by atoms with Crippen molar-refractivity contribution < 1.29 is 9.53 Å². The van der Waals surface area contributed by atoms with E-state index >= 15 is 0 Å². The third-order valence-electron chi connectivity index (χ3n) is 3.62. The van der Waals surface area contributed by atoms with Gasteiger partial charge in [0.2, 0.25) is 5.91 Å². The van der Waals surface area contributed by atoms with Crippen molar-refractivity contribution in [2.45, 2.75) is 13.0 Å². The molecule has 0 spiro atoms. The third kappa shape index (κ3) is 4.23. The lowest BCUT2D eigenvalue weighted by Crippen LogP contribution is -2.15. The molecule has 1 aromatic heterocycles. The lowest BCUT2D eigenvalue weighted by atomic mass is 10.1. The number of hydrogen-bond donors (Lipinski definition) is 1. The van der Waals surface area contributed by atoms with Crippen LogP contribution in [-0.4, -0.2) is 22.8 Å². The monoisotopic (exact) mass is 321 g/mol. The summed E-state index contributed by atoms with van der Waals surface area (Å²) in [6.07, 6.45) is 2.16. The number of nitrogens with zero attached hydrogens (tertiary/aromatic N) is 2. The average Bonchev–Trinajstić information content (AvgIpc) is 3.03. The number of hydrogen-bond acceptors (Lipinski definition) is 3. The van der Waals surface area contributed by atoms with Gasteiger partial charge in [-0.3, -0.25) is 9.48 Å². The van der Waals surface area contributed by atoms with E-state index in [0.29, 0.717) is 18.8 Å². The molecule has 0 saturated carbocycles. The van der Waals surface area contributed by atoms with Gasteiger partial charge in [0.15, 0.2) is 5.82 Å². The molecule has 5 heteroatoms. The molecule has 0 radical (unpaired) electrons. The van der Waals surface area contributed by atoms with Gasteiger partial charge in [-0.25, -0.2) is 0 Å². The van der Waals surface area contributed by atoms with Crippen LogP contribution in [0.15, 0.2) is 66.9 Å². The van der Waals surface area contributed by atoms with E-state index in [1.807, 2.05) is 60.8 Å². The molecule has 2 aromatic carbocycles. The van der Waals surface area contributed by atoms with E-state index in [1.165, 1.54) is 0 Å².